The van der Waals surface area contributed by atoms with Crippen LogP contribution in [0.1, 0.15) is 26.2 Å². The summed E-state index contributed by atoms with van der Waals surface area (Å²) in [5.74, 6) is 0. The number of aliphatic hydroxyl groups is 1. The van der Waals surface area contributed by atoms with E-state index >= 15 is 0 Å². The standard InChI is InChI=1S/C7H12O/c1-2-6-4-3-5-7(6)8/h2,7-8H,3-5H2,1H3/b6-2+/t7-/m1/s1. The maximum atomic E-state index is 9.12. The summed E-state index contributed by atoms with van der Waals surface area (Å²) >= 11 is 0. The fourth-order valence-electron chi connectivity index (χ4n) is 1.19. The number of hydrogen-bond donors (Lipinski definition) is 1. The molecule has 0 heterocycles. The molecule has 1 nitrogen and oxygen atoms in total. The Labute approximate surface area is 50.0 Å². The van der Waals surface area contributed by atoms with Gasteiger partial charge in [-0.05, 0) is 31.8 Å². The Bertz CT molecular complexity index is 105. The van der Waals surface area contributed by atoms with Crippen molar-refractivity contribution in [3.63, 3.8) is 0 Å². The van der Waals surface area contributed by atoms with E-state index < -0.39 is 0 Å². The van der Waals surface area contributed by atoms with Crippen molar-refractivity contribution in [3.05, 3.63) is 11.6 Å². The highest BCUT2D eigenvalue weighted by Crippen LogP contribution is 2.23. The van der Waals surface area contributed by atoms with Crippen LogP contribution in [0.4, 0.5) is 0 Å². The maximum absolute atomic E-state index is 9.12. The van der Waals surface area contributed by atoms with E-state index in [1.54, 1.807) is 0 Å². The summed E-state index contributed by atoms with van der Waals surface area (Å²) in [6, 6.07) is 0. The van der Waals surface area contributed by atoms with Crippen LogP contribution < -0.4 is 0 Å². The van der Waals surface area contributed by atoms with Crippen LogP contribution in [0, 0.1) is 0 Å². The zero-order chi connectivity index (χ0) is 5.98. The van der Waals surface area contributed by atoms with Crippen LogP contribution in [0.15, 0.2) is 11.6 Å². The molecule has 0 spiro atoms. The Morgan fingerprint density at radius 1 is 1.75 bits per heavy atom. The lowest BCUT2D eigenvalue weighted by atomic mass is 10.2. The molecule has 0 aromatic carbocycles. The first-order chi connectivity index (χ1) is 3.84. The second-order valence-electron chi connectivity index (χ2n) is 2.27. The molecular weight excluding hydrogens is 100 g/mol. The van der Waals surface area contributed by atoms with E-state index in [-0.39, 0.29) is 6.10 Å². The van der Waals surface area contributed by atoms with Gasteiger partial charge in [0.2, 0.25) is 0 Å². The van der Waals surface area contributed by atoms with Crippen molar-refractivity contribution in [2.45, 2.75) is 32.3 Å². The van der Waals surface area contributed by atoms with Crippen molar-refractivity contribution in [1.82, 2.24) is 0 Å². The fourth-order valence-corrected chi connectivity index (χ4v) is 1.19. The van der Waals surface area contributed by atoms with Gasteiger partial charge in [-0.2, -0.15) is 0 Å². The summed E-state index contributed by atoms with van der Waals surface area (Å²) in [7, 11) is 0. The van der Waals surface area contributed by atoms with E-state index in [0.29, 0.717) is 0 Å². The molecule has 0 bridgehead atoms. The van der Waals surface area contributed by atoms with E-state index in [0.717, 1.165) is 12.8 Å². The molecule has 0 radical (unpaired) electrons. The highest BCUT2D eigenvalue weighted by molar-refractivity contribution is 5.10. The largest absolute Gasteiger partial charge is 0.389 e. The third-order valence-corrected chi connectivity index (χ3v) is 1.74. The summed E-state index contributed by atoms with van der Waals surface area (Å²) in [5, 5.41) is 9.12. The Kier molecular flexibility index (Phi) is 1.69. The van der Waals surface area contributed by atoms with Crippen molar-refractivity contribution in [1.29, 1.82) is 0 Å². The third-order valence-electron chi connectivity index (χ3n) is 1.74. The lowest BCUT2D eigenvalue weighted by molar-refractivity contribution is 0.218. The average Bonchev–Trinajstić information content (AvgIpc) is 2.14. The van der Waals surface area contributed by atoms with Crippen LogP contribution >= 0.6 is 0 Å². The zero-order valence-corrected chi connectivity index (χ0v) is 5.22. The SMILES string of the molecule is C/C=C1\CCC[C@H]1O. The molecule has 1 heteroatoms. The summed E-state index contributed by atoms with van der Waals surface area (Å²) in [6.07, 6.45) is 5.16. The van der Waals surface area contributed by atoms with Gasteiger partial charge < -0.3 is 5.11 Å². The monoisotopic (exact) mass is 112 g/mol. The van der Waals surface area contributed by atoms with Gasteiger partial charge in [-0.15, -0.1) is 0 Å². The number of allylic oxidation sites excluding steroid dienone is 1. The molecule has 1 rings (SSSR count). The third kappa shape index (κ3) is 0.920. The van der Waals surface area contributed by atoms with Gasteiger partial charge in [-0.1, -0.05) is 6.08 Å². The topological polar surface area (TPSA) is 20.2 Å². The smallest absolute Gasteiger partial charge is 0.0750 e. The van der Waals surface area contributed by atoms with Crippen molar-refractivity contribution >= 4 is 0 Å². The number of rotatable bonds is 0. The highest BCUT2D eigenvalue weighted by Gasteiger charge is 2.15. The molecular formula is C7H12O. The van der Waals surface area contributed by atoms with Crippen LogP contribution in [-0.2, 0) is 0 Å². The van der Waals surface area contributed by atoms with Gasteiger partial charge >= 0.3 is 0 Å². The lowest BCUT2D eigenvalue weighted by Gasteiger charge is -1.99. The Morgan fingerprint density at radius 2 is 2.50 bits per heavy atom. The van der Waals surface area contributed by atoms with Gasteiger partial charge in [0.05, 0.1) is 6.10 Å². The van der Waals surface area contributed by atoms with E-state index in [2.05, 4.69) is 0 Å². The normalized spacial score (nSPS) is 34.2. The van der Waals surface area contributed by atoms with Gasteiger partial charge in [0.15, 0.2) is 0 Å². The molecule has 1 aliphatic carbocycles. The van der Waals surface area contributed by atoms with E-state index in [4.69, 9.17) is 5.11 Å². The van der Waals surface area contributed by atoms with E-state index in [9.17, 15) is 0 Å². The van der Waals surface area contributed by atoms with Crippen LogP contribution in [0.5, 0.6) is 0 Å². The Balaban J connectivity index is 2.55. The van der Waals surface area contributed by atoms with Crippen molar-refractivity contribution < 1.29 is 5.11 Å². The summed E-state index contributed by atoms with van der Waals surface area (Å²) in [4.78, 5) is 0. The van der Waals surface area contributed by atoms with Gasteiger partial charge in [-0.25, -0.2) is 0 Å². The van der Waals surface area contributed by atoms with Gasteiger partial charge in [0.25, 0.3) is 0 Å². The van der Waals surface area contributed by atoms with Crippen LogP contribution in [0.25, 0.3) is 0 Å². The molecule has 46 valence electrons. The van der Waals surface area contributed by atoms with Crippen molar-refractivity contribution in [2.24, 2.45) is 0 Å². The molecule has 0 saturated heterocycles. The second-order valence-corrected chi connectivity index (χ2v) is 2.27. The molecule has 1 fully saturated rings. The zero-order valence-electron chi connectivity index (χ0n) is 5.22. The summed E-state index contributed by atoms with van der Waals surface area (Å²) in [6.45, 7) is 1.99. The quantitative estimate of drug-likeness (QED) is 0.470. The first-order valence-corrected chi connectivity index (χ1v) is 3.17. The molecule has 1 saturated carbocycles. The average molecular weight is 112 g/mol. The molecule has 0 amide bonds. The molecule has 1 atom stereocenters. The van der Waals surface area contributed by atoms with Gasteiger partial charge in [-0.3, -0.25) is 0 Å². The molecule has 0 aromatic rings. The number of aliphatic hydroxyl groups excluding tert-OH is 1. The molecule has 0 aliphatic heterocycles. The predicted octanol–water partition coefficient (Wildman–Crippen LogP) is 1.48. The number of hydrogen-bond acceptors (Lipinski definition) is 1. The van der Waals surface area contributed by atoms with Gasteiger partial charge in [0.1, 0.15) is 0 Å². The van der Waals surface area contributed by atoms with Crippen LogP contribution in [0.2, 0.25) is 0 Å². The van der Waals surface area contributed by atoms with E-state index in [1.807, 2.05) is 13.0 Å². The summed E-state index contributed by atoms with van der Waals surface area (Å²) in [5.41, 5.74) is 1.23. The van der Waals surface area contributed by atoms with Crippen molar-refractivity contribution in [2.75, 3.05) is 0 Å². The first-order valence-electron chi connectivity index (χ1n) is 3.17. The molecule has 0 unspecified atom stereocenters. The minimum Gasteiger partial charge on any atom is -0.389 e. The maximum Gasteiger partial charge on any atom is 0.0750 e. The predicted molar refractivity (Wildman–Crippen MR) is 33.6 cm³/mol. The minimum atomic E-state index is -0.111. The molecule has 1 aliphatic rings. The minimum absolute atomic E-state index is 0.111. The van der Waals surface area contributed by atoms with Crippen LogP contribution in [-0.4, -0.2) is 11.2 Å². The Morgan fingerprint density at radius 3 is 2.75 bits per heavy atom. The second kappa shape index (κ2) is 2.31. The molecule has 1 N–H and O–H groups in total. The summed E-state index contributed by atoms with van der Waals surface area (Å²) < 4.78 is 0. The van der Waals surface area contributed by atoms with Crippen molar-refractivity contribution in [3.8, 4) is 0 Å². The Hall–Kier alpha value is -0.300. The van der Waals surface area contributed by atoms with Gasteiger partial charge in [0, 0.05) is 0 Å². The molecule has 8 heavy (non-hydrogen) atoms. The first kappa shape index (κ1) is 5.83. The molecule has 0 aromatic heterocycles. The van der Waals surface area contributed by atoms with Crippen LogP contribution in [0.3, 0.4) is 0 Å². The lowest BCUT2D eigenvalue weighted by Crippen LogP contribution is -1.99. The fraction of sp³-hybridized carbons (Fsp3) is 0.714. The van der Waals surface area contributed by atoms with E-state index in [1.165, 1.54) is 12.0 Å². The highest BCUT2D eigenvalue weighted by atomic mass is 16.3.